The molecule has 0 N–H and O–H groups in total. The van der Waals surface area contributed by atoms with E-state index in [9.17, 15) is 26.4 Å². The summed E-state index contributed by atoms with van der Waals surface area (Å²) in [6.45, 7) is 3.71. The molecule has 3 aromatic rings. The first kappa shape index (κ1) is 24.9. The number of aromatic nitrogens is 1. The molecule has 0 saturated carbocycles. The van der Waals surface area contributed by atoms with Crippen LogP contribution in [0.1, 0.15) is 25.0 Å². The van der Waals surface area contributed by atoms with Crippen LogP contribution in [-0.2, 0) is 42.5 Å². The number of fused-ring (bicyclic) bond motifs is 2. The van der Waals surface area contributed by atoms with Crippen molar-refractivity contribution in [3.05, 3.63) is 72.1 Å². The lowest BCUT2D eigenvalue weighted by Gasteiger charge is -2.24. The van der Waals surface area contributed by atoms with Crippen LogP contribution in [0.2, 0.25) is 0 Å². The Morgan fingerprint density at radius 1 is 0.784 bits per heavy atom. The van der Waals surface area contributed by atoms with Crippen molar-refractivity contribution in [3.63, 3.8) is 0 Å². The Labute approximate surface area is 215 Å². The van der Waals surface area contributed by atoms with Gasteiger partial charge in [-0.05, 0) is 72.5 Å². The molecule has 12 heteroatoms. The minimum atomic E-state index is -4.62. The summed E-state index contributed by atoms with van der Waals surface area (Å²) < 4.78 is 56.1. The van der Waals surface area contributed by atoms with Gasteiger partial charge in [-0.1, -0.05) is 0 Å². The van der Waals surface area contributed by atoms with E-state index in [1.165, 1.54) is 74.8 Å². The maximum atomic E-state index is 13.9. The van der Waals surface area contributed by atoms with E-state index in [0.717, 1.165) is 0 Å². The largest absolute Gasteiger partial charge is 0.312 e. The van der Waals surface area contributed by atoms with Gasteiger partial charge in [-0.25, -0.2) is 16.8 Å². The van der Waals surface area contributed by atoms with Gasteiger partial charge in [-0.2, -0.15) is 3.71 Å². The fourth-order valence-corrected chi connectivity index (χ4v) is 8.56. The first-order valence-electron chi connectivity index (χ1n) is 11.5. The third-order valence-corrected chi connectivity index (χ3v) is 10.7. The summed E-state index contributed by atoms with van der Waals surface area (Å²) in [4.78, 5) is 30.4. The van der Waals surface area contributed by atoms with Gasteiger partial charge in [0.2, 0.25) is 11.8 Å². The van der Waals surface area contributed by atoms with Crippen LogP contribution in [0.3, 0.4) is 0 Å². The quantitative estimate of drug-likeness (QED) is 0.487. The van der Waals surface area contributed by atoms with Gasteiger partial charge >= 0.3 is 0 Å². The van der Waals surface area contributed by atoms with Crippen molar-refractivity contribution in [3.8, 4) is 0 Å². The zero-order valence-electron chi connectivity index (χ0n) is 20.2. The SMILES string of the molecule is CC(=O)N1CCc2cc(S(=O)(=O)N(c3cccnc3)S(=O)(=O)c3ccc4c(c3)CCN4C(C)=O)ccc21. The Morgan fingerprint density at radius 2 is 1.27 bits per heavy atom. The van der Waals surface area contributed by atoms with Crippen LogP contribution in [0.5, 0.6) is 0 Å². The molecule has 37 heavy (non-hydrogen) atoms. The molecule has 0 saturated heterocycles. The van der Waals surface area contributed by atoms with Gasteiger partial charge in [-0.15, -0.1) is 0 Å². The van der Waals surface area contributed by atoms with E-state index >= 15 is 0 Å². The number of amides is 2. The molecule has 0 spiro atoms. The van der Waals surface area contributed by atoms with Crippen LogP contribution >= 0.6 is 0 Å². The first-order chi connectivity index (χ1) is 17.5. The number of hydrogen-bond acceptors (Lipinski definition) is 7. The Morgan fingerprint density at radius 3 is 1.68 bits per heavy atom. The molecule has 0 aliphatic carbocycles. The Balaban J connectivity index is 1.62. The minimum absolute atomic E-state index is 0.140. The predicted molar refractivity (Wildman–Crippen MR) is 137 cm³/mol. The smallest absolute Gasteiger partial charge is 0.277 e. The molecule has 0 unspecified atom stereocenters. The van der Waals surface area contributed by atoms with Gasteiger partial charge in [0, 0.05) is 44.5 Å². The molecule has 2 aliphatic rings. The topological polar surface area (TPSA) is 125 Å². The third kappa shape index (κ3) is 4.15. The highest BCUT2D eigenvalue weighted by molar-refractivity contribution is 8.10. The molecule has 2 amide bonds. The molecular formula is C25H24N4O6S2. The highest BCUT2D eigenvalue weighted by Gasteiger charge is 2.39. The molecule has 0 fully saturated rings. The minimum Gasteiger partial charge on any atom is -0.312 e. The Bertz CT molecular complexity index is 1540. The molecule has 10 nitrogen and oxygen atoms in total. The maximum absolute atomic E-state index is 13.9. The van der Waals surface area contributed by atoms with Gasteiger partial charge in [0.25, 0.3) is 20.0 Å². The fourth-order valence-electron chi connectivity index (χ4n) is 4.79. The van der Waals surface area contributed by atoms with E-state index in [4.69, 9.17) is 0 Å². The summed E-state index contributed by atoms with van der Waals surface area (Å²) >= 11 is 0. The van der Waals surface area contributed by atoms with Crippen LogP contribution in [0.25, 0.3) is 0 Å². The number of pyridine rings is 1. The fraction of sp³-hybridized carbons (Fsp3) is 0.240. The second-order valence-electron chi connectivity index (χ2n) is 8.84. The monoisotopic (exact) mass is 540 g/mol. The molecule has 0 bridgehead atoms. The molecule has 192 valence electrons. The highest BCUT2D eigenvalue weighted by Crippen LogP contribution is 2.36. The number of carbonyl (C=O) groups is 2. The molecule has 2 aromatic carbocycles. The zero-order valence-corrected chi connectivity index (χ0v) is 21.8. The summed E-state index contributed by atoms with van der Waals surface area (Å²) in [7, 11) is -9.24. The van der Waals surface area contributed by atoms with E-state index in [1.54, 1.807) is 9.80 Å². The van der Waals surface area contributed by atoms with Crippen LogP contribution in [0, 0.1) is 0 Å². The second kappa shape index (κ2) is 8.96. The van der Waals surface area contributed by atoms with E-state index in [2.05, 4.69) is 4.98 Å². The standard InChI is InChI=1S/C25H24N4O6S2/c1-17(30)27-12-9-19-14-22(5-7-24(19)27)36(32,33)29(21-4-3-11-26-16-21)37(34,35)23-6-8-25-20(15-23)10-13-28(25)18(2)31/h3-8,11,14-16H,9-10,12-13H2,1-2H3. The van der Waals surface area contributed by atoms with E-state index in [-0.39, 0.29) is 27.3 Å². The zero-order chi connectivity index (χ0) is 26.5. The van der Waals surface area contributed by atoms with Crippen molar-refractivity contribution in [2.75, 3.05) is 26.6 Å². The number of hydrogen-bond donors (Lipinski definition) is 0. The van der Waals surface area contributed by atoms with Crippen LogP contribution < -0.4 is 13.5 Å². The molecular weight excluding hydrogens is 516 g/mol. The average molecular weight is 541 g/mol. The normalized spacial score (nSPS) is 14.9. The summed E-state index contributed by atoms with van der Waals surface area (Å²) in [5.41, 5.74) is 2.36. The van der Waals surface area contributed by atoms with Gasteiger partial charge in [0.05, 0.1) is 21.7 Å². The van der Waals surface area contributed by atoms with Crippen LogP contribution in [-0.4, -0.2) is 46.7 Å². The van der Waals surface area contributed by atoms with Gasteiger partial charge < -0.3 is 9.80 Å². The number of anilines is 3. The van der Waals surface area contributed by atoms with Crippen molar-refractivity contribution in [1.29, 1.82) is 0 Å². The number of rotatable bonds is 5. The second-order valence-corrected chi connectivity index (χ2v) is 12.6. The number of benzene rings is 2. The molecule has 2 aliphatic heterocycles. The summed E-state index contributed by atoms with van der Waals surface area (Å²) in [6.07, 6.45) is 3.49. The van der Waals surface area contributed by atoms with Crippen molar-refractivity contribution >= 4 is 48.9 Å². The third-order valence-electron chi connectivity index (χ3n) is 6.54. The van der Waals surface area contributed by atoms with Crippen molar-refractivity contribution < 1.29 is 26.4 Å². The van der Waals surface area contributed by atoms with Gasteiger partial charge in [0.15, 0.2) is 0 Å². The van der Waals surface area contributed by atoms with E-state index < -0.39 is 20.0 Å². The van der Waals surface area contributed by atoms with Crippen molar-refractivity contribution in [1.82, 2.24) is 4.98 Å². The summed E-state index contributed by atoms with van der Waals surface area (Å²) in [5.74, 6) is -0.317. The van der Waals surface area contributed by atoms with E-state index in [0.29, 0.717) is 52.1 Å². The Hall–Kier alpha value is -3.77. The molecule has 5 rings (SSSR count). The van der Waals surface area contributed by atoms with Crippen molar-refractivity contribution in [2.24, 2.45) is 0 Å². The van der Waals surface area contributed by atoms with Crippen LogP contribution in [0.15, 0.2) is 70.7 Å². The predicted octanol–water partition coefficient (Wildman–Crippen LogP) is 2.48. The summed E-state index contributed by atoms with van der Waals surface area (Å²) in [5, 5.41) is 0. The molecule has 1 aromatic heterocycles. The number of sulfonamides is 2. The number of nitrogens with zero attached hydrogens (tertiary/aromatic N) is 4. The lowest BCUT2D eigenvalue weighted by molar-refractivity contribution is -0.117. The maximum Gasteiger partial charge on any atom is 0.277 e. The van der Waals surface area contributed by atoms with Crippen molar-refractivity contribution in [2.45, 2.75) is 36.5 Å². The molecule has 3 heterocycles. The molecule has 0 radical (unpaired) electrons. The Kier molecular flexibility index (Phi) is 6.03. The number of carbonyl (C=O) groups excluding carboxylic acids is 2. The highest BCUT2D eigenvalue weighted by atomic mass is 32.3. The molecule has 0 atom stereocenters. The first-order valence-corrected chi connectivity index (χ1v) is 14.4. The van der Waals surface area contributed by atoms with Crippen LogP contribution in [0.4, 0.5) is 17.1 Å². The lowest BCUT2D eigenvalue weighted by Crippen LogP contribution is -2.37. The average Bonchev–Trinajstić information content (AvgIpc) is 3.48. The lowest BCUT2D eigenvalue weighted by atomic mass is 10.2. The summed E-state index contributed by atoms with van der Waals surface area (Å²) in [6, 6.07) is 11.3. The van der Waals surface area contributed by atoms with Gasteiger partial charge in [0.1, 0.15) is 0 Å². The van der Waals surface area contributed by atoms with Gasteiger partial charge in [-0.3, -0.25) is 14.6 Å². The van der Waals surface area contributed by atoms with E-state index in [1.807, 2.05) is 0 Å².